The molecule has 0 saturated carbocycles. The number of nitrogens with one attached hydrogen (secondary N) is 3. The standard InChI is InChI=1S/C17H19N7O.ClH/c1-11-19-6-7-24(11)15-3-2-12(8-20-15)9-21-17(25)16-13-10-18-5-4-14(13)22-23-16;/h2-3,6-8,18H,4-5,9-10H2,1H3,(H,21,25)(H,22,23);1H. The second-order valence-corrected chi connectivity index (χ2v) is 6.01. The lowest BCUT2D eigenvalue weighted by Crippen LogP contribution is -2.28. The van der Waals surface area contributed by atoms with Crippen LogP contribution in [0.3, 0.4) is 0 Å². The van der Waals surface area contributed by atoms with Crippen molar-refractivity contribution in [3.05, 3.63) is 59.1 Å². The van der Waals surface area contributed by atoms with Crippen molar-refractivity contribution in [1.82, 2.24) is 35.4 Å². The number of rotatable bonds is 4. The van der Waals surface area contributed by atoms with Gasteiger partial charge in [-0.25, -0.2) is 9.97 Å². The molecule has 1 aliphatic heterocycles. The van der Waals surface area contributed by atoms with Gasteiger partial charge in [-0.1, -0.05) is 6.07 Å². The van der Waals surface area contributed by atoms with Crippen LogP contribution in [0.2, 0.25) is 0 Å². The highest BCUT2D eigenvalue weighted by Crippen LogP contribution is 2.15. The molecule has 0 radical (unpaired) electrons. The maximum atomic E-state index is 12.4. The van der Waals surface area contributed by atoms with Gasteiger partial charge in [0.15, 0.2) is 5.69 Å². The number of carbonyl (C=O) groups is 1. The summed E-state index contributed by atoms with van der Waals surface area (Å²) in [5.41, 5.74) is 3.41. The number of aromatic amines is 1. The summed E-state index contributed by atoms with van der Waals surface area (Å²) < 4.78 is 1.91. The lowest BCUT2D eigenvalue weighted by atomic mass is 10.1. The first-order chi connectivity index (χ1) is 12.2. The van der Waals surface area contributed by atoms with E-state index in [9.17, 15) is 4.79 Å². The number of H-pyrrole nitrogens is 1. The summed E-state index contributed by atoms with van der Waals surface area (Å²) in [4.78, 5) is 21.0. The zero-order valence-electron chi connectivity index (χ0n) is 14.3. The molecule has 26 heavy (non-hydrogen) atoms. The fourth-order valence-electron chi connectivity index (χ4n) is 2.96. The molecule has 0 spiro atoms. The fraction of sp³-hybridized carbons (Fsp3) is 0.294. The second-order valence-electron chi connectivity index (χ2n) is 6.01. The van der Waals surface area contributed by atoms with Gasteiger partial charge in [0.2, 0.25) is 0 Å². The summed E-state index contributed by atoms with van der Waals surface area (Å²) in [6.45, 7) is 3.92. The number of aryl methyl sites for hydroxylation is 1. The van der Waals surface area contributed by atoms with Crippen molar-refractivity contribution in [2.45, 2.75) is 26.4 Å². The average molecular weight is 374 g/mol. The van der Waals surface area contributed by atoms with E-state index < -0.39 is 0 Å². The normalized spacial score (nSPS) is 13.0. The molecule has 0 aliphatic carbocycles. The van der Waals surface area contributed by atoms with Crippen LogP contribution in [0.4, 0.5) is 0 Å². The summed E-state index contributed by atoms with van der Waals surface area (Å²) in [5.74, 6) is 1.51. The molecular weight excluding hydrogens is 354 g/mol. The molecule has 3 N–H and O–H groups in total. The summed E-state index contributed by atoms with van der Waals surface area (Å²) >= 11 is 0. The second kappa shape index (κ2) is 7.67. The Hall–Kier alpha value is -2.71. The highest BCUT2D eigenvalue weighted by atomic mass is 35.5. The number of pyridine rings is 1. The quantitative estimate of drug-likeness (QED) is 0.640. The Morgan fingerprint density at radius 3 is 2.96 bits per heavy atom. The van der Waals surface area contributed by atoms with Crippen molar-refractivity contribution >= 4 is 18.3 Å². The minimum absolute atomic E-state index is 0. The number of hydrogen-bond acceptors (Lipinski definition) is 5. The van der Waals surface area contributed by atoms with Crippen molar-refractivity contribution in [2.24, 2.45) is 0 Å². The Labute approximate surface area is 156 Å². The highest BCUT2D eigenvalue weighted by molar-refractivity contribution is 5.94. The molecule has 0 unspecified atom stereocenters. The number of amides is 1. The van der Waals surface area contributed by atoms with E-state index in [0.717, 1.165) is 41.4 Å². The van der Waals surface area contributed by atoms with Crippen LogP contribution >= 0.6 is 12.4 Å². The van der Waals surface area contributed by atoms with Crippen LogP contribution in [-0.2, 0) is 19.5 Å². The molecule has 1 aliphatic rings. The molecule has 0 aromatic carbocycles. The van der Waals surface area contributed by atoms with Gasteiger partial charge in [-0.3, -0.25) is 14.5 Å². The minimum Gasteiger partial charge on any atom is -0.346 e. The van der Waals surface area contributed by atoms with Crippen LogP contribution in [0.15, 0.2) is 30.7 Å². The number of carbonyl (C=O) groups excluding carboxylic acids is 1. The van der Waals surface area contributed by atoms with Gasteiger partial charge >= 0.3 is 0 Å². The molecule has 3 aromatic heterocycles. The van der Waals surface area contributed by atoms with E-state index in [4.69, 9.17) is 0 Å². The van der Waals surface area contributed by atoms with Gasteiger partial charge in [-0.2, -0.15) is 5.10 Å². The van der Waals surface area contributed by atoms with Gasteiger partial charge in [0, 0.05) is 55.9 Å². The van der Waals surface area contributed by atoms with E-state index in [1.807, 2.05) is 29.8 Å². The molecule has 9 heteroatoms. The number of hydrogen-bond donors (Lipinski definition) is 3. The third-order valence-corrected chi connectivity index (χ3v) is 4.36. The van der Waals surface area contributed by atoms with Crippen LogP contribution in [0.1, 0.15) is 33.1 Å². The molecule has 0 saturated heterocycles. The van der Waals surface area contributed by atoms with Crippen molar-refractivity contribution in [3.8, 4) is 5.82 Å². The van der Waals surface area contributed by atoms with Gasteiger partial charge in [0.05, 0.1) is 0 Å². The number of aromatic nitrogens is 5. The molecule has 4 rings (SSSR count). The Bertz CT molecular complexity index is 900. The third kappa shape index (κ3) is 3.47. The lowest BCUT2D eigenvalue weighted by Gasteiger charge is -2.13. The molecule has 3 aromatic rings. The van der Waals surface area contributed by atoms with Crippen LogP contribution in [0, 0.1) is 6.92 Å². The maximum Gasteiger partial charge on any atom is 0.272 e. The van der Waals surface area contributed by atoms with E-state index in [-0.39, 0.29) is 18.3 Å². The maximum absolute atomic E-state index is 12.4. The molecule has 0 fully saturated rings. The van der Waals surface area contributed by atoms with Gasteiger partial charge in [0.25, 0.3) is 5.91 Å². The van der Waals surface area contributed by atoms with Crippen molar-refractivity contribution in [3.63, 3.8) is 0 Å². The smallest absolute Gasteiger partial charge is 0.272 e. The first-order valence-corrected chi connectivity index (χ1v) is 8.22. The molecule has 0 bridgehead atoms. The Morgan fingerprint density at radius 1 is 1.35 bits per heavy atom. The molecule has 136 valence electrons. The predicted molar refractivity (Wildman–Crippen MR) is 98.5 cm³/mol. The van der Waals surface area contributed by atoms with Gasteiger partial charge in [0.1, 0.15) is 11.6 Å². The van der Waals surface area contributed by atoms with Crippen LogP contribution < -0.4 is 10.6 Å². The minimum atomic E-state index is -0.171. The molecule has 1 amide bonds. The zero-order chi connectivity index (χ0) is 17.2. The van der Waals surface area contributed by atoms with E-state index in [1.54, 1.807) is 12.4 Å². The largest absolute Gasteiger partial charge is 0.346 e. The summed E-state index contributed by atoms with van der Waals surface area (Å²) in [6.07, 6.45) is 6.24. The van der Waals surface area contributed by atoms with Gasteiger partial charge in [-0.05, 0) is 18.6 Å². The summed E-state index contributed by atoms with van der Waals surface area (Å²) in [5, 5.41) is 13.3. The summed E-state index contributed by atoms with van der Waals surface area (Å²) in [6, 6.07) is 3.86. The lowest BCUT2D eigenvalue weighted by molar-refractivity contribution is 0.0944. The first-order valence-electron chi connectivity index (χ1n) is 8.22. The summed E-state index contributed by atoms with van der Waals surface area (Å²) in [7, 11) is 0. The van der Waals surface area contributed by atoms with E-state index in [0.29, 0.717) is 18.8 Å². The average Bonchev–Trinajstić information content (AvgIpc) is 3.26. The first kappa shape index (κ1) is 18.1. The van der Waals surface area contributed by atoms with Crippen molar-refractivity contribution in [2.75, 3.05) is 6.54 Å². The Kier molecular flexibility index (Phi) is 5.34. The van der Waals surface area contributed by atoms with Gasteiger partial charge in [-0.15, -0.1) is 12.4 Å². The fourth-order valence-corrected chi connectivity index (χ4v) is 2.96. The SMILES string of the molecule is Cc1nccn1-c1ccc(CNC(=O)c2n[nH]c3c2CNCC3)cn1.Cl. The van der Waals surface area contributed by atoms with Crippen LogP contribution in [0.5, 0.6) is 0 Å². The highest BCUT2D eigenvalue weighted by Gasteiger charge is 2.21. The zero-order valence-corrected chi connectivity index (χ0v) is 15.1. The van der Waals surface area contributed by atoms with E-state index in [2.05, 4.69) is 30.8 Å². The van der Waals surface area contributed by atoms with E-state index >= 15 is 0 Å². The van der Waals surface area contributed by atoms with E-state index in [1.165, 1.54) is 0 Å². The Morgan fingerprint density at radius 2 is 2.23 bits per heavy atom. The predicted octanol–water partition coefficient (Wildman–Crippen LogP) is 1.30. The molecular formula is C17H20ClN7O. The number of imidazole rings is 1. The van der Waals surface area contributed by atoms with Crippen LogP contribution in [0.25, 0.3) is 5.82 Å². The van der Waals surface area contributed by atoms with Crippen LogP contribution in [-0.4, -0.2) is 37.2 Å². The monoisotopic (exact) mass is 373 g/mol. The molecule has 4 heterocycles. The number of nitrogens with zero attached hydrogens (tertiary/aromatic N) is 4. The molecule has 0 atom stereocenters. The Balaban J connectivity index is 0.00000196. The van der Waals surface area contributed by atoms with Gasteiger partial charge < -0.3 is 10.6 Å². The molecule has 8 nitrogen and oxygen atoms in total. The third-order valence-electron chi connectivity index (χ3n) is 4.36. The topological polar surface area (TPSA) is 101 Å². The number of halogens is 1. The van der Waals surface area contributed by atoms with Crippen molar-refractivity contribution in [1.29, 1.82) is 0 Å². The van der Waals surface area contributed by atoms with Crippen molar-refractivity contribution < 1.29 is 4.79 Å². The number of fused-ring (bicyclic) bond motifs is 1.